The summed E-state index contributed by atoms with van der Waals surface area (Å²) in [6.45, 7) is 0.533. The minimum absolute atomic E-state index is 0.0632. The largest absolute Gasteiger partial charge is 0.354 e. The molecule has 34 heavy (non-hydrogen) atoms. The highest BCUT2D eigenvalue weighted by Gasteiger charge is 2.14. The second kappa shape index (κ2) is 9.79. The molecule has 2 aromatic heterocycles. The zero-order valence-electron chi connectivity index (χ0n) is 17.6. The molecule has 0 radical (unpaired) electrons. The van der Waals surface area contributed by atoms with Crippen LogP contribution in [0.5, 0.6) is 0 Å². The van der Waals surface area contributed by atoms with E-state index in [9.17, 15) is 24.1 Å². The van der Waals surface area contributed by atoms with Gasteiger partial charge >= 0.3 is 0 Å². The van der Waals surface area contributed by atoms with Gasteiger partial charge in [-0.1, -0.05) is 29.8 Å². The van der Waals surface area contributed by atoms with Gasteiger partial charge in [-0.3, -0.25) is 24.3 Å². The summed E-state index contributed by atoms with van der Waals surface area (Å²) in [6, 6.07) is 10.2. The molecule has 4 rings (SSSR count). The van der Waals surface area contributed by atoms with Gasteiger partial charge in [0, 0.05) is 29.3 Å². The molecule has 2 aromatic carbocycles. The number of nitro groups is 1. The molecule has 0 aliphatic rings. The number of nitro benzene ring substituents is 1. The third-order valence-corrected chi connectivity index (χ3v) is 5.50. The summed E-state index contributed by atoms with van der Waals surface area (Å²) in [5.74, 6) is -0.956. The maximum atomic E-state index is 13.8. The number of fused-ring (bicyclic) bond motifs is 1. The van der Waals surface area contributed by atoms with Gasteiger partial charge in [-0.05, 0) is 17.7 Å². The quantitative estimate of drug-likeness (QED) is 0.303. The number of carbonyl (C=O) groups is 1. The Kier molecular flexibility index (Phi) is 6.64. The predicted molar refractivity (Wildman–Crippen MR) is 122 cm³/mol. The van der Waals surface area contributed by atoms with Crippen LogP contribution in [0.4, 0.5) is 10.1 Å². The van der Waals surface area contributed by atoms with Crippen LogP contribution in [0.25, 0.3) is 11.0 Å². The third-order valence-electron chi connectivity index (χ3n) is 5.14. The van der Waals surface area contributed by atoms with Crippen molar-refractivity contribution < 1.29 is 14.1 Å². The van der Waals surface area contributed by atoms with Crippen molar-refractivity contribution in [1.29, 1.82) is 0 Å². The molecule has 0 atom stereocenters. The molecule has 12 heteroatoms. The number of nitrogens with one attached hydrogen (secondary N) is 1. The van der Waals surface area contributed by atoms with Crippen molar-refractivity contribution in [2.45, 2.75) is 19.5 Å². The highest BCUT2D eigenvalue weighted by Crippen LogP contribution is 2.19. The number of carbonyl (C=O) groups excluding carboxylic acids is 1. The molecular weight excluding hydrogens is 467 g/mol. The van der Waals surface area contributed by atoms with Crippen molar-refractivity contribution in [2.24, 2.45) is 0 Å². The van der Waals surface area contributed by atoms with Gasteiger partial charge in [0.25, 0.3) is 11.2 Å². The number of hydrogen-bond donors (Lipinski definition) is 1. The van der Waals surface area contributed by atoms with E-state index in [1.54, 1.807) is 12.1 Å². The van der Waals surface area contributed by atoms with Gasteiger partial charge in [-0.2, -0.15) is 5.10 Å². The summed E-state index contributed by atoms with van der Waals surface area (Å²) in [5, 5.41) is 18.3. The fourth-order valence-electron chi connectivity index (χ4n) is 3.46. The van der Waals surface area contributed by atoms with Crippen LogP contribution >= 0.6 is 11.6 Å². The Balaban J connectivity index is 1.42. The van der Waals surface area contributed by atoms with E-state index in [0.29, 0.717) is 11.2 Å². The van der Waals surface area contributed by atoms with Gasteiger partial charge in [-0.15, -0.1) is 0 Å². The molecule has 0 spiro atoms. The fraction of sp³-hybridized carbons (Fsp3) is 0.182. The van der Waals surface area contributed by atoms with E-state index in [0.717, 1.165) is 0 Å². The van der Waals surface area contributed by atoms with Crippen molar-refractivity contribution in [3.8, 4) is 0 Å². The molecule has 0 fully saturated rings. The molecular formula is C22H18ClFN6O4. The second-order valence-corrected chi connectivity index (χ2v) is 7.84. The van der Waals surface area contributed by atoms with E-state index >= 15 is 0 Å². The predicted octanol–water partition coefficient (Wildman–Crippen LogP) is 2.70. The van der Waals surface area contributed by atoms with Crippen molar-refractivity contribution in [3.05, 3.63) is 97.4 Å². The Morgan fingerprint density at radius 3 is 2.79 bits per heavy atom. The van der Waals surface area contributed by atoms with E-state index in [1.165, 1.54) is 52.1 Å². The molecule has 4 aromatic rings. The number of non-ortho nitro benzene ring substituents is 1. The minimum Gasteiger partial charge on any atom is -0.354 e. The van der Waals surface area contributed by atoms with E-state index in [2.05, 4.69) is 15.4 Å². The average molecular weight is 485 g/mol. The summed E-state index contributed by atoms with van der Waals surface area (Å²) >= 11 is 5.95. The van der Waals surface area contributed by atoms with Gasteiger partial charge in [0.2, 0.25) is 5.91 Å². The highest BCUT2D eigenvalue weighted by molar-refractivity contribution is 6.31. The molecule has 2 heterocycles. The molecule has 0 saturated heterocycles. The van der Waals surface area contributed by atoms with Gasteiger partial charge in [0.1, 0.15) is 17.5 Å². The summed E-state index contributed by atoms with van der Waals surface area (Å²) in [5.41, 5.74) is 0.638. The zero-order chi connectivity index (χ0) is 24.2. The lowest BCUT2D eigenvalue weighted by molar-refractivity contribution is -0.384. The molecule has 174 valence electrons. The van der Waals surface area contributed by atoms with E-state index < -0.39 is 16.6 Å². The number of rotatable bonds is 8. The topological polar surface area (TPSA) is 125 Å². The third kappa shape index (κ3) is 4.94. The Labute approximate surface area is 196 Å². The smallest absolute Gasteiger partial charge is 0.269 e. The van der Waals surface area contributed by atoms with Gasteiger partial charge in [0.05, 0.1) is 30.6 Å². The van der Waals surface area contributed by atoms with Crippen LogP contribution in [0.3, 0.4) is 0 Å². The SMILES string of the molecule is O=C(Cc1c(F)cccc1Cl)NCCn1ncc2c(=O)n(Cc3cccc([N+](=O)[O-])c3)cnc21. The molecule has 1 N–H and O–H groups in total. The Bertz CT molecular complexity index is 1430. The van der Waals surface area contributed by atoms with Crippen LogP contribution in [0.15, 0.2) is 59.8 Å². The minimum atomic E-state index is -0.550. The maximum absolute atomic E-state index is 13.8. The summed E-state index contributed by atoms with van der Waals surface area (Å²) in [6.07, 6.45) is 2.53. The van der Waals surface area contributed by atoms with E-state index in [4.69, 9.17) is 11.6 Å². The van der Waals surface area contributed by atoms with Crippen molar-refractivity contribution in [1.82, 2.24) is 24.6 Å². The number of amides is 1. The monoisotopic (exact) mass is 484 g/mol. The normalized spacial score (nSPS) is 11.0. The van der Waals surface area contributed by atoms with E-state index in [-0.39, 0.29) is 53.3 Å². The van der Waals surface area contributed by atoms with Gasteiger partial charge < -0.3 is 5.32 Å². The first-order valence-electron chi connectivity index (χ1n) is 10.2. The van der Waals surface area contributed by atoms with Gasteiger partial charge in [-0.25, -0.2) is 14.1 Å². The molecule has 0 saturated carbocycles. The Hall–Kier alpha value is -4.12. The summed E-state index contributed by atoms with van der Waals surface area (Å²) in [4.78, 5) is 39.8. The molecule has 0 bridgehead atoms. The molecule has 0 aliphatic heterocycles. The lowest BCUT2D eigenvalue weighted by Crippen LogP contribution is -2.29. The first-order valence-corrected chi connectivity index (χ1v) is 10.5. The van der Waals surface area contributed by atoms with Crippen LogP contribution in [0, 0.1) is 15.9 Å². The Morgan fingerprint density at radius 2 is 2.03 bits per heavy atom. The first kappa shape index (κ1) is 23.1. The Morgan fingerprint density at radius 1 is 1.24 bits per heavy atom. The van der Waals surface area contributed by atoms with Crippen LogP contribution in [-0.4, -0.2) is 36.7 Å². The zero-order valence-corrected chi connectivity index (χ0v) is 18.4. The first-order chi connectivity index (χ1) is 16.3. The summed E-state index contributed by atoms with van der Waals surface area (Å²) in [7, 11) is 0. The van der Waals surface area contributed by atoms with Crippen molar-refractivity contribution in [2.75, 3.05) is 6.54 Å². The van der Waals surface area contributed by atoms with Crippen LogP contribution < -0.4 is 10.9 Å². The molecule has 0 aliphatic carbocycles. The van der Waals surface area contributed by atoms with Crippen molar-refractivity contribution in [3.63, 3.8) is 0 Å². The highest BCUT2D eigenvalue weighted by atomic mass is 35.5. The second-order valence-electron chi connectivity index (χ2n) is 7.44. The van der Waals surface area contributed by atoms with Crippen LogP contribution in [0.1, 0.15) is 11.1 Å². The number of benzene rings is 2. The number of hydrogen-bond acceptors (Lipinski definition) is 6. The number of aromatic nitrogens is 4. The number of halogens is 2. The molecule has 0 unspecified atom stereocenters. The van der Waals surface area contributed by atoms with Gasteiger partial charge in [0.15, 0.2) is 5.65 Å². The summed E-state index contributed by atoms with van der Waals surface area (Å²) < 4.78 is 16.7. The molecule has 1 amide bonds. The molecule has 10 nitrogen and oxygen atoms in total. The average Bonchev–Trinajstić information content (AvgIpc) is 3.22. The lowest BCUT2D eigenvalue weighted by Gasteiger charge is -2.09. The number of nitrogens with zero attached hydrogens (tertiary/aromatic N) is 5. The van der Waals surface area contributed by atoms with Crippen molar-refractivity contribution >= 4 is 34.2 Å². The van der Waals surface area contributed by atoms with Crippen LogP contribution in [-0.2, 0) is 24.3 Å². The maximum Gasteiger partial charge on any atom is 0.269 e. The van der Waals surface area contributed by atoms with Crippen LogP contribution in [0.2, 0.25) is 5.02 Å². The van der Waals surface area contributed by atoms with E-state index in [1.807, 2.05) is 0 Å². The lowest BCUT2D eigenvalue weighted by atomic mass is 10.1. The fourth-order valence-corrected chi connectivity index (χ4v) is 3.69. The standard InChI is InChI=1S/C22H18ClFN6O4/c23-18-5-2-6-19(24)16(18)10-20(31)25-7-8-29-21-17(11-27-29)22(32)28(13-26-21)12-14-3-1-4-15(9-14)30(33)34/h1-6,9,11,13H,7-8,10,12H2,(H,25,31).